The van der Waals surface area contributed by atoms with Crippen molar-refractivity contribution in [2.75, 3.05) is 0 Å². The van der Waals surface area contributed by atoms with E-state index in [1.165, 1.54) is 11.2 Å². The summed E-state index contributed by atoms with van der Waals surface area (Å²) < 4.78 is 12.2. The standard InChI is InChI=1S/C29H22BrNO5/c30-22-12-8-21(9-13-22)27(32)25-26(31(29(34)28(25)33)17-24-7-4-16-35-24)20-10-14-23(15-11-20)36-18-19-5-2-1-3-6-19/h1-16,26,32H,17-18H2. The van der Waals surface area contributed by atoms with Crippen LogP contribution in [0.15, 0.2) is 112 Å². The van der Waals surface area contributed by atoms with E-state index in [-0.39, 0.29) is 17.9 Å². The highest BCUT2D eigenvalue weighted by Gasteiger charge is 2.46. The summed E-state index contributed by atoms with van der Waals surface area (Å²) in [5.41, 5.74) is 2.20. The lowest BCUT2D eigenvalue weighted by Crippen LogP contribution is -2.29. The van der Waals surface area contributed by atoms with Gasteiger partial charge < -0.3 is 19.2 Å². The number of benzene rings is 3. The quantitative estimate of drug-likeness (QED) is 0.169. The number of carbonyl (C=O) groups is 2. The van der Waals surface area contributed by atoms with Crippen molar-refractivity contribution in [1.82, 2.24) is 4.90 Å². The third-order valence-electron chi connectivity index (χ3n) is 6.01. The Labute approximate surface area is 216 Å². The van der Waals surface area contributed by atoms with E-state index < -0.39 is 17.7 Å². The molecule has 1 aliphatic rings. The van der Waals surface area contributed by atoms with Crippen LogP contribution in [0.3, 0.4) is 0 Å². The molecule has 0 aliphatic carbocycles. The maximum absolute atomic E-state index is 13.2. The van der Waals surface area contributed by atoms with Crippen LogP contribution in [0.1, 0.15) is 28.5 Å². The largest absolute Gasteiger partial charge is 0.507 e. The van der Waals surface area contributed by atoms with Crippen molar-refractivity contribution in [3.05, 3.63) is 130 Å². The Hall–Kier alpha value is -4.10. The second-order valence-corrected chi connectivity index (χ2v) is 9.27. The van der Waals surface area contributed by atoms with E-state index in [1.807, 2.05) is 30.3 Å². The lowest BCUT2D eigenvalue weighted by molar-refractivity contribution is -0.140. The highest BCUT2D eigenvalue weighted by atomic mass is 79.9. The van der Waals surface area contributed by atoms with Gasteiger partial charge in [0.15, 0.2) is 0 Å². The first-order valence-corrected chi connectivity index (χ1v) is 12.1. The minimum Gasteiger partial charge on any atom is -0.507 e. The van der Waals surface area contributed by atoms with Gasteiger partial charge in [0.1, 0.15) is 23.9 Å². The summed E-state index contributed by atoms with van der Waals surface area (Å²) in [5, 5.41) is 11.2. The third kappa shape index (κ3) is 4.83. The molecule has 1 saturated heterocycles. The lowest BCUT2D eigenvalue weighted by atomic mass is 9.95. The van der Waals surface area contributed by atoms with E-state index in [0.717, 1.165) is 10.0 Å². The molecule has 0 bridgehead atoms. The Bertz CT molecular complexity index is 1390. The number of aliphatic hydroxyl groups is 1. The molecule has 3 aromatic carbocycles. The molecule has 1 N–H and O–H groups in total. The van der Waals surface area contributed by atoms with E-state index in [9.17, 15) is 14.7 Å². The zero-order valence-electron chi connectivity index (χ0n) is 19.1. The van der Waals surface area contributed by atoms with Crippen LogP contribution in [0.25, 0.3) is 5.76 Å². The molecule has 36 heavy (non-hydrogen) atoms. The highest BCUT2D eigenvalue weighted by Crippen LogP contribution is 2.40. The van der Waals surface area contributed by atoms with Crippen molar-refractivity contribution in [3.63, 3.8) is 0 Å². The zero-order valence-corrected chi connectivity index (χ0v) is 20.7. The number of aliphatic hydroxyl groups excluding tert-OH is 1. The summed E-state index contributed by atoms with van der Waals surface area (Å²) in [4.78, 5) is 27.7. The predicted molar refractivity (Wildman–Crippen MR) is 138 cm³/mol. The van der Waals surface area contributed by atoms with Crippen LogP contribution in [-0.2, 0) is 22.7 Å². The smallest absolute Gasteiger partial charge is 0.296 e. The molecule has 1 atom stereocenters. The third-order valence-corrected chi connectivity index (χ3v) is 6.54. The van der Waals surface area contributed by atoms with Gasteiger partial charge in [-0.2, -0.15) is 0 Å². The number of nitrogens with zero attached hydrogens (tertiary/aromatic N) is 1. The maximum atomic E-state index is 13.2. The zero-order chi connectivity index (χ0) is 25.1. The molecule has 5 rings (SSSR count). The molecule has 1 fully saturated rings. The van der Waals surface area contributed by atoms with Crippen LogP contribution in [0, 0.1) is 0 Å². The Morgan fingerprint density at radius 2 is 1.64 bits per heavy atom. The van der Waals surface area contributed by atoms with Crippen LogP contribution in [0.4, 0.5) is 0 Å². The number of likely N-dealkylation sites (tertiary alicyclic amines) is 1. The van der Waals surface area contributed by atoms with Gasteiger partial charge in [-0.1, -0.05) is 70.5 Å². The molecule has 1 unspecified atom stereocenters. The monoisotopic (exact) mass is 543 g/mol. The molecular formula is C29H22BrNO5. The van der Waals surface area contributed by atoms with Crippen LogP contribution in [0.5, 0.6) is 5.75 Å². The number of amides is 1. The first-order valence-electron chi connectivity index (χ1n) is 11.3. The number of ether oxygens (including phenoxy) is 1. The average Bonchev–Trinajstić information content (AvgIpc) is 3.51. The molecular weight excluding hydrogens is 522 g/mol. The summed E-state index contributed by atoms with van der Waals surface area (Å²) >= 11 is 3.38. The van der Waals surface area contributed by atoms with E-state index in [1.54, 1.807) is 60.7 Å². The molecule has 4 aromatic rings. The fraction of sp³-hybridized carbons (Fsp3) is 0.103. The number of hydrogen-bond acceptors (Lipinski definition) is 5. The predicted octanol–water partition coefficient (Wildman–Crippen LogP) is 6.24. The fourth-order valence-corrected chi connectivity index (χ4v) is 4.47. The summed E-state index contributed by atoms with van der Waals surface area (Å²) in [6.07, 6.45) is 1.52. The number of furan rings is 1. The van der Waals surface area contributed by atoms with Crippen molar-refractivity contribution in [1.29, 1.82) is 0 Å². The molecule has 180 valence electrons. The maximum Gasteiger partial charge on any atom is 0.296 e. The number of Topliss-reactive ketones (excluding diaryl/α,β-unsaturated/α-hetero) is 1. The Kier molecular flexibility index (Phi) is 6.73. The van der Waals surface area contributed by atoms with Crippen LogP contribution in [-0.4, -0.2) is 21.7 Å². The van der Waals surface area contributed by atoms with Crippen molar-refractivity contribution < 1.29 is 23.8 Å². The summed E-state index contributed by atoms with van der Waals surface area (Å²) in [7, 11) is 0. The number of carbonyl (C=O) groups excluding carboxylic acids is 2. The second kappa shape index (κ2) is 10.3. The normalized spacial score (nSPS) is 16.9. The van der Waals surface area contributed by atoms with E-state index in [2.05, 4.69) is 15.9 Å². The van der Waals surface area contributed by atoms with Gasteiger partial charge in [-0.3, -0.25) is 9.59 Å². The summed E-state index contributed by atoms with van der Waals surface area (Å²) in [5.74, 6) is -0.472. The molecule has 2 heterocycles. The van der Waals surface area contributed by atoms with E-state index in [4.69, 9.17) is 9.15 Å². The second-order valence-electron chi connectivity index (χ2n) is 8.36. The van der Waals surface area contributed by atoms with Gasteiger partial charge in [-0.05, 0) is 47.5 Å². The van der Waals surface area contributed by atoms with Crippen molar-refractivity contribution >= 4 is 33.4 Å². The van der Waals surface area contributed by atoms with Gasteiger partial charge in [0.05, 0.1) is 24.4 Å². The lowest BCUT2D eigenvalue weighted by Gasteiger charge is -2.24. The van der Waals surface area contributed by atoms with E-state index >= 15 is 0 Å². The van der Waals surface area contributed by atoms with Crippen LogP contribution < -0.4 is 4.74 Å². The SMILES string of the molecule is O=C1C(=O)N(Cc2ccco2)C(c2ccc(OCc3ccccc3)cc2)C1=C(O)c1ccc(Br)cc1. The molecule has 1 aromatic heterocycles. The van der Waals surface area contributed by atoms with Crippen LogP contribution >= 0.6 is 15.9 Å². The molecule has 1 amide bonds. The van der Waals surface area contributed by atoms with Gasteiger partial charge >= 0.3 is 0 Å². The first-order chi connectivity index (χ1) is 17.5. The number of ketones is 1. The van der Waals surface area contributed by atoms with Gasteiger partial charge in [-0.25, -0.2) is 0 Å². The summed E-state index contributed by atoms with van der Waals surface area (Å²) in [6.45, 7) is 0.506. The van der Waals surface area contributed by atoms with Crippen molar-refractivity contribution in [2.45, 2.75) is 19.2 Å². The number of halogens is 1. The Balaban J connectivity index is 1.50. The molecule has 6 nitrogen and oxygen atoms in total. The minimum absolute atomic E-state index is 0.0341. The first kappa shape index (κ1) is 23.6. The van der Waals surface area contributed by atoms with Crippen molar-refractivity contribution in [3.8, 4) is 5.75 Å². The highest BCUT2D eigenvalue weighted by molar-refractivity contribution is 9.10. The molecule has 0 saturated carbocycles. The van der Waals surface area contributed by atoms with Gasteiger partial charge in [0, 0.05) is 10.0 Å². The Morgan fingerprint density at radius 1 is 0.917 bits per heavy atom. The van der Waals surface area contributed by atoms with E-state index in [0.29, 0.717) is 29.2 Å². The molecule has 7 heteroatoms. The van der Waals surface area contributed by atoms with Crippen LogP contribution in [0.2, 0.25) is 0 Å². The molecule has 0 radical (unpaired) electrons. The minimum atomic E-state index is -0.790. The molecule has 1 aliphatic heterocycles. The van der Waals surface area contributed by atoms with Gasteiger partial charge in [0.25, 0.3) is 11.7 Å². The fourth-order valence-electron chi connectivity index (χ4n) is 4.21. The van der Waals surface area contributed by atoms with Crippen molar-refractivity contribution in [2.24, 2.45) is 0 Å². The molecule has 0 spiro atoms. The number of hydrogen-bond donors (Lipinski definition) is 1. The Morgan fingerprint density at radius 3 is 2.31 bits per heavy atom. The average molecular weight is 544 g/mol. The number of rotatable bonds is 7. The summed E-state index contributed by atoms with van der Waals surface area (Å²) in [6, 6.07) is 26.6. The van der Waals surface area contributed by atoms with Gasteiger partial charge in [0.2, 0.25) is 0 Å². The van der Waals surface area contributed by atoms with Gasteiger partial charge in [-0.15, -0.1) is 0 Å². The topological polar surface area (TPSA) is 80.0 Å².